The van der Waals surface area contributed by atoms with Crippen LogP contribution in [0.5, 0.6) is 0 Å². The van der Waals surface area contributed by atoms with Gasteiger partial charge in [-0.1, -0.05) is 0 Å². The van der Waals surface area contributed by atoms with Crippen molar-refractivity contribution in [3.63, 3.8) is 0 Å². The predicted molar refractivity (Wildman–Crippen MR) is 87.9 cm³/mol. The maximum Gasteiger partial charge on any atom is 0.256 e. The molecular formula is C15H15BrN2OS. The van der Waals surface area contributed by atoms with Gasteiger partial charge in [-0.25, -0.2) is 0 Å². The lowest BCUT2D eigenvalue weighted by molar-refractivity contribution is 0.102. The molecule has 0 atom stereocenters. The maximum atomic E-state index is 12.0. The first-order chi connectivity index (χ1) is 9.72. The van der Waals surface area contributed by atoms with Crippen LogP contribution in [0.4, 0.5) is 11.4 Å². The SMILES string of the molecule is O=C(Nc1ccc(N2CCCC2)cc1)c1csc(Br)c1. The van der Waals surface area contributed by atoms with E-state index < -0.39 is 0 Å². The van der Waals surface area contributed by atoms with Crippen LogP contribution >= 0.6 is 27.3 Å². The average Bonchev–Trinajstić information content (AvgIpc) is 3.10. The van der Waals surface area contributed by atoms with Gasteiger partial charge in [0.15, 0.2) is 0 Å². The molecule has 0 spiro atoms. The highest BCUT2D eigenvalue weighted by Crippen LogP contribution is 2.24. The van der Waals surface area contributed by atoms with Gasteiger partial charge >= 0.3 is 0 Å². The molecule has 1 aliphatic rings. The van der Waals surface area contributed by atoms with Crippen LogP contribution in [0, 0.1) is 0 Å². The number of benzene rings is 1. The predicted octanol–water partition coefficient (Wildman–Crippen LogP) is 4.36. The van der Waals surface area contributed by atoms with E-state index in [4.69, 9.17) is 0 Å². The Balaban J connectivity index is 1.67. The molecule has 1 fully saturated rings. The van der Waals surface area contributed by atoms with E-state index in [9.17, 15) is 4.79 Å². The van der Waals surface area contributed by atoms with E-state index >= 15 is 0 Å². The minimum absolute atomic E-state index is 0.0686. The first kappa shape index (κ1) is 13.6. The first-order valence-electron chi connectivity index (χ1n) is 6.63. The van der Waals surface area contributed by atoms with E-state index in [1.807, 2.05) is 23.6 Å². The Labute approximate surface area is 130 Å². The fourth-order valence-corrected chi connectivity index (χ4v) is 3.50. The summed E-state index contributed by atoms with van der Waals surface area (Å²) >= 11 is 4.88. The molecule has 3 rings (SSSR count). The van der Waals surface area contributed by atoms with Gasteiger partial charge in [-0.05, 0) is 59.1 Å². The molecule has 3 nitrogen and oxygen atoms in total. The number of amides is 1. The van der Waals surface area contributed by atoms with E-state index in [1.54, 1.807) is 0 Å². The largest absolute Gasteiger partial charge is 0.372 e. The molecule has 20 heavy (non-hydrogen) atoms. The van der Waals surface area contributed by atoms with Gasteiger partial charge in [-0.3, -0.25) is 4.79 Å². The summed E-state index contributed by atoms with van der Waals surface area (Å²) in [5.74, 6) is -0.0686. The van der Waals surface area contributed by atoms with Gasteiger partial charge in [0.1, 0.15) is 0 Å². The highest BCUT2D eigenvalue weighted by atomic mass is 79.9. The third kappa shape index (κ3) is 3.04. The zero-order chi connectivity index (χ0) is 13.9. The number of halogens is 1. The lowest BCUT2D eigenvalue weighted by Crippen LogP contribution is -2.17. The topological polar surface area (TPSA) is 32.3 Å². The number of thiophene rings is 1. The molecule has 0 unspecified atom stereocenters. The first-order valence-corrected chi connectivity index (χ1v) is 8.30. The fraction of sp³-hybridized carbons (Fsp3) is 0.267. The van der Waals surface area contributed by atoms with Crippen molar-refractivity contribution in [3.8, 4) is 0 Å². The fourth-order valence-electron chi connectivity index (χ4n) is 2.36. The van der Waals surface area contributed by atoms with Crippen molar-refractivity contribution in [2.24, 2.45) is 0 Å². The Morgan fingerprint density at radius 2 is 1.90 bits per heavy atom. The van der Waals surface area contributed by atoms with Gasteiger partial charge in [0.05, 0.1) is 9.35 Å². The number of carbonyl (C=O) groups excluding carboxylic acids is 1. The lowest BCUT2D eigenvalue weighted by atomic mass is 10.2. The Morgan fingerprint density at radius 3 is 2.50 bits per heavy atom. The van der Waals surface area contributed by atoms with E-state index in [0.717, 1.165) is 22.6 Å². The number of nitrogens with one attached hydrogen (secondary N) is 1. The van der Waals surface area contributed by atoms with Gasteiger partial charge in [-0.15, -0.1) is 11.3 Å². The standard InChI is InChI=1S/C15H15BrN2OS/c16-14-9-11(10-20-14)15(19)17-12-3-5-13(6-4-12)18-7-1-2-8-18/h3-6,9-10H,1-2,7-8H2,(H,17,19). The molecule has 1 aromatic heterocycles. The quantitative estimate of drug-likeness (QED) is 0.891. The summed E-state index contributed by atoms with van der Waals surface area (Å²) in [4.78, 5) is 14.4. The van der Waals surface area contributed by atoms with Gasteiger partial charge < -0.3 is 10.2 Å². The zero-order valence-corrected chi connectivity index (χ0v) is 13.3. The average molecular weight is 351 g/mol. The summed E-state index contributed by atoms with van der Waals surface area (Å²) in [6, 6.07) is 9.91. The molecule has 1 saturated heterocycles. The number of hydrogen-bond acceptors (Lipinski definition) is 3. The lowest BCUT2D eigenvalue weighted by Gasteiger charge is -2.17. The van der Waals surface area contributed by atoms with Crippen molar-refractivity contribution < 1.29 is 4.79 Å². The minimum Gasteiger partial charge on any atom is -0.372 e. The molecule has 2 aromatic rings. The second-order valence-electron chi connectivity index (χ2n) is 4.83. The van der Waals surface area contributed by atoms with E-state index in [-0.39, 0.29) is 5.91 Å². The molecular weight excluding hydrogens is 336 g/mol. The molecule has 0 radical (unpaired) electrons. The highest BCUT2D eigenvalue weighted by molar-refractivity contribution is 9.11. The van der Waals surface area contributed by atoms with E-state index in [0.29, 0.717) is 5.56 Å². The number of rotatable bonds is 3. The molecule has 0 saturated carbocycles. The Hall–Kier alpha value is -1.33. The van der Waals surface area contributed by atoms with Gasteiger partial charge in [0.25, 0.3) is 5.91 Å². The Morgan fingerprint density at radius 1 is 1.20 bits per heavy atom. The summed E-state index contributed by atoms with van der Waals surface area (Å²) in [6.45, 7) is 2.27. The molecule has 1 aromatic carbocycles. The molecule has 1 aliphatic heterocycles. The molecule has 2 heterocycles. The summed E-state index contributed by atoms with van der Waals surface area (Å²) < 4.78 is 0.965. The van der Waals surface area contributed by atoms with Crippen molar-refractivity contribution >= 4 is 44.5 Å². The van der Waals surface area contributed by atoms with Crippen LogP contribution in [0.3, 0.4) is 0 Å². The van der Waals surface area contributed by atoms with Crippen LogP contribution in [0.1, 0.15) is 23.2 Å². The second kappa shape index (κ2) is 5.97. The third-order valence-corrected chi connectivity index (χ3v) is 4.93. The van der Waals surface area contributed by atoms with Crippen molar-refractivity contribution in [1.82, 2.24) is 0 Å². The van der Waals surface area contributed by atoms with Crippen molar-refractivity contribution in [2.75, 3.05) is 23.3 Å². The van der Waals surface area contributed by atoms with Crippen LogP contribution < -0.4 is 10.2 Å². The maximum absolute atomic E-state index is 12.0. The van der Waals surface area contributed by atoms with E-state index in [2.05, 4.69) is 38.3 Å². The van der Waals surface area contributed by atoms with Crippen molar-refractivity contribution in [3.05, 3.63) is 45.1 Å². The summed E-state index contributed by atoms with van der Waals surface area (Å²) in [6.07, 6.45) is 2.54. The Kier molecular flexibility index (Phi) is 4.08. The van der Waals surface area contributed by atoms with Crippen LogP contribution in [-0.2, 0) is 0 Å². The van der Waals surface area contributed by atoms with Gasteiger partial charge in [0, 0.05) is 29.8 Å². The monoisotopic (exact) mass is 350 g/mol. The Bertz CT molecular complexity index is 603. The number of anilines is 2. The normalized spacial score (nSPS) is 14.6. The third-order valence-electron chi connectivity index (χ3n) is 3.43. The van der Waals surface area contributed by atoms with Gasteiger partial charge in [0.2, 0.25) is 0 Å². The van der Waals surface area contributed by atoms with Crippen molar-refractivity contribution in [1.29, 1.82) is 0 Å². The summed E-state index contributed by atoms with van der Waals surface area (Å²) in [5.41, 5.74) is 2.75. The summed E-state index contributed by atoms with van der Waals surface area (Å²) in [7, 11) is 0. The van der Waals surface area contributed by atoms with Crippen LogP contribution in [-0.4, -0.2) is 19.0 Å². The van der Waals surface area contributed by atoms with E-state index in [1.165, 1.54) is 29.9 Å². The molecule has 5 heteroatoms. The van der Waals surface area contributed by atoms with Crippen molar-refractivity contribution in [2.45, 2.75) is 12.8 Å². The number of carbonyl (C=O) groups is 1. The van der Waals surface area contributed by atoms with Crippen LogP contribution in [0.25, 0.3) is 0 Å². The van der Waals surface area contributed by atoms with Crippen LogP contribution in [0.2, 0.25) is 0 Å². The second-order valence-corrected chi connectivity index (χ2v) is 7.13. The molecule has 0 bridgehead atoms. The molecule has 1 N–H and O–H groups in total. The van der Waals surface area contributed by atoms with Crippen LogP contribution in [0.15, 0.2) is 39.5 Å². The number of hydrogen-bond donors (Lipinski definition) is 1. The zero-order valence-electron chi connectivity index (χ0n) is 10.9. The minimum atomic E-state index is -0.0686. The molecule has 0 aliphatic carbocycles. The van der Waals surface area contributed by atoms with Gasteiger partial charge in [-0.2, -0.15) is 0 Å². The summed E-state index contributed by atoms with van der Waals surface area (Å²) in [5, 5.41) is 4.76. The molecule has 104 valence electrons. The highest BCUT2D eigenvalue weighted by Gasteiger charge is 2.12. The smallest absolute Gasteiger partial charge is 0.256 e. The molecule has 1 amide bonds. The number of nitrogens with zero attached hydrogens (tertiary/aromatic N) is 1.